The average Bonchev–Trinajstić information content (AvgIpc) is 0.906. The Bertz CT molecular complexity index is 4290. The molecule has 0 unspecified atom stereocenters. The molecular formula is C80H86B2F9N11O6. The number of primary amides is 2. The first-order valence-electron chi connectivity index (χ1n) is 34.0. The number of carboxylic acids is 1. The molecule has 108 heavy (non-hydrogen) atoms. The number of nitrogens with zero attached hydrogens (tertiary/aromatic N) is 8. The number of nitrogens with two attached hydrogens (primary N) is 2. The van der Waals surface area contributed by atoms with Crippen LogP contribution >= 0.6 is 0 Å². The maximum Gasteiger partial charge on any atom is 0.419 e. The van der Waals surface area contributed by atoms with E-state index in [-0.39, 0.29) is 97.1 Å². The van der Waals surface area contributed by atoms with Gasteiger partial charge in [0.05, 0.1) is 65.4 Å². The second-order valence-corrected chi connectivity index (χ2v) is 26.1. The molecule has 0 spiro atoms. The van der Waals surface area contributed by atoms with Gasteiger partial charge in [0.1, 0.15) is 17.5 Å². The fourth-order valence-electron chi connectivity index (χ4n) is 12.8. The number of hydrogen-bond acceptors (Lipinski definition) is 14. The molecule has 6 aromatic carbocycles. The highest BCUT2D eigenvalue weighted by Gasteiger charge is 2.38. The topological polar surface area (TPSA) is 253 Å². The number of hydrogen-bond donors (Lipinski definition) is 4. The lowest BCUT2D eigenvalue weighted by Gasteiger charge is -2.38. The second kappa shape index (κ2) is 39.0. The van der Waals surface area contributed by atoms with Crippen molar-refractivity contribution >= 4 is 45.0 Å². The molecule has 6 N–H and O–H groups in total. The minimum atomic E-state index is -4.59. The zero-order valence-electron chi connectivity index (χ0n) is 57.0. The van der Waals surface area contributed by atoms with Crippen LogP contribution < -0.4 is 16.8 Å². The van der Waals surface area contributed by atoms with E-state index in [1.54, 1.807) is 72.8 Å². The Hall–Kier alpha value is -10.3. The number of carbonyl (C=O) groups is 5. The van der Waals surface area contributed by atoms with Crippen LogP contribution in [0.4, 0.5) is 39.5 Å². The molecule has 12 rings (SSSR count). The number of aryl methyl sites for hydroxylation is 6. The quantitative estimate of drug-likeness (QED) is 0.0202. The predicted molar refractivity (Wildman–Crippen MR) is 397 cm³/mol. The molecule has 0 saturated carbocycles. The van der Waals surface area contributed by atoms with Gasteiger partial charge in [-0.3, -0.25) is 14.4 Å². The molecule has 28 heteroatoms. The lowest BCUT2D eigenvalue weighted by atomic mass is 9.81. The zero-order valence-corrected chi connectivity index (χ0v) is 57.0. The zero-order chi connectivity index (χ0) is 74.8. The molecule has 6 heterocycles. The molecule has 3 saturated heterocycles. The molecule has 3 aliphatic heterocycles. The molecule has 0 atom stereocenters. The van der Waals surface area contributed by atoms with Gasteiger partial charge in [-0.1, -0.05) is 168 Å². The van der Waals surface area contributed by atoms with Crippen molar-refractivity contribution in [2.75, 3.05) is 39.3 Å². The molecule has 3 fully saturated rings. The van der Waals surface area contributed by atoms with Crippen molar-refractivity contribution in [1.29, 1.82) is 0 Å². The first-order valence-corrected chi connectivity index (χ1v) is 34.0. The van der Waals surface area contributed by atoms with Gasteiger partial charge in [0.2, 0.25) is 11.8 Å². The van der Waals surface area contributed by atoms with E-state index in [4.69, 9.17) is 16.6 Å². The SMILES string of the molecule is C.C.C.NC(=O)Cc1ccccc1CCc1nc(Cc2ccc(C3CN([B]C=O)C3)cc2)ncc1C(F)(F)F.NC(=O)Cc1ccccc1CCc1nc(Cc2ccc(C3CNC3)cc2)ncc1C(F)(F)F.O=C[B]N1CC(c2ccc(Cc3ncc(C(F)(F)F)c(CCc4ccccc4CC(=O)O)n3)cc2)C1. The first-order chi connectivity index (χ1) is 50.2. The lowest BCUT2D eigenvalue weighted by Crippen LogP contribution is -2.47. The summed E-state index contributed by atoms with van der Waals surface area (Å²) in [6, 6.07) is 44.8. The Morgan fingerprint density at radius 2 is 0.704 bits per heavy atom. The molecule has 3 aromatic heterocycles. The third kappa shape index (κ3) is 24.1. The Morgan fingerprint density at radius 1 is 0.426 bits per heavy atom. The molecular weight excluding hydrogens is 1400 g/mol. The summed E-state index contributed by atoms with van der Waals surface area (Å²) in [6.07, 6.45) is -7.79. The Labute approximate surface area is 624 Å². The van der Waals surface area contributed by atoms with Crippen LogP contribution in [0.5, 0.6) is 0 Å². The van der Waals surface area contributed by atoms with Crippen LogP contribution in [-0.4, -0.2) is 129 Å². The van der Waals surface area contributed by atoms with Gasteiger partial charge in [-0.05, 0) is 131 Å². The number of amides is 2. The average molecular weight is 1490 g/mol. The van der Waals surface area contributed by atoms with E-state index in [0.717, 1.165) is 115 Å². The van der Waals surface area contributed by atoms with E-state index < -0.39 is 53.0 Å². The van der Waals surface area contributed by atoms with Crippen LogP contribution in [0.15, 0.2) is 164 Å². The van der Waals surface area contributed by atoms with Crippen molar-refractivity contribution < 1.29 is 68.6 Å². The van der Waals surface area contributed by atoms with Gasteiger partial charge in [-0.15, -0.1) is 0 Å². The highest BCUT2D eigenvalue weighted by atomic mass is 19.4. The third-order valence-electron chi connectivity index (χ3n) is 18.6. The standard InChI is InChI=1S/C26H25BF3N4O2.C26H24BF3N3O3.C25H25F3N4O.3CH4/c28-26(29,30)22-13-32-25(11-17-5-7-19(8-6-17)21-14-34(15-21)27-16-35)33-23(22)10-9-18-3-1-2-4-20(18)12-24(31)36;28-26(29,30)22-13-31-24(11-17-5-7-19(8-6-17)21-14-33(15-21)27-16-34)32-23(22)10-9-18-3-1-2-4-20(18)12-25(35)36;26-25(27,28)21-15-31-24(11-16-5-7-18(8-6-16)20-13-30-14-20)32-22(21)10-9-17-3-1-2-4-19(17)12-23(29)33;;;/h1-8,13,16,21H,9-12,14-15H2,(H2,31,36);1-8,13,16,21H,9-12,14-15H2,(H,35,36);1-8,15,20,30H,9-14H2,(H2,29,33);3*1H4. The van der Waals surface area contributed by atoms with E-state index in [9.17, 15) is 63.5 Å². The van der Waals surface area contributed by atoms with E-state index in [1.807, 2.05) is 70.3 Å². The van der Waals surface area contributed by atoms with Crippen LogP contribution in [0.25, 0.3) is 0 Å². The Kier molecular flexibility index (Phi) is 30.7. The molecule has 2 radical (unpaired) electrons. The van der Waals surface area contributed by atoms with Crippen molar-refractivity contribution in [2.24, 2.45) is 11.5 Å². The van der Waals surface area contributed by atoms with Crippen molar-refractivity contribution in [3.63, 3.8) is 0 Å². The van der Waals surface area contributed by atoms with Crippen LogP contribution in [0.1, 0.15) is 158 Å². The molecule has 0 bridgehead atoms. The van der Waals surface area contributed by atoms with Crippen LogP contribution in [0.3, 0.4) is 0 Å². The molecule has 17 nitrogen and oxygen atoms in total. The maximum absolute atomic E-state index is 13.7. The van der Waals surface area contributed by atoms with Gasteiger partial charge in [0.15, 0.2) is 0 Å². The van der Waals surface area contributed by atoms with E-state index in [1.165, 1.54) is 20.4 Å². The summed E-state index contributed by atoms with van der Waals surface area (Å²) in [7, 11) is 3.05. The van der Waals surface area contributed by atoms with Crippen molar-refractivity contribution in [3.8, 4) is 0 Å². The number of carboxylic acid groups (broad SMARTS) is 1. The van der Waals surface area contributed by atoms with Crippen LogP contribution in [0.2, 0.25) is 0 Å². The Balaban J connectivity index is 0.000000223. The summed E-state index contributed by atoms with van der Waals surface area (Å²) in [5, 5.41) is 12.4. The Morgan fingerprint density at radius 3 is 0.954 bits per heavy atom. The van der Waals surface area contributed by atoms with Gasteiger partial charge in [0.25, 0.3) is 14.8 Å². The lowest BCUT2D eigenvalue weighted by molar-refractivity contribution is -0.139. The number of halogens is 9. The number of carbonyl (C=O) groups excluding carboxylic acids is 4. The molecule has 9 aromatic rings. The number of aromatic nitrogens is 6. The summed E-state index contributed by atoms with van der Waals surface area (Å²) in [5.41, 5.74) is 18.3. The van der Waals surface area contributed by atoms with Crippen molar-refractivity contribution in [1.82, 2.24) is 44.8 Å². The fraction of sp³-hybridized carbons (Fsp3) is 0.338. The molecule has 2 amide bonds. The van der Waals surface area contributed by atoms with Crippen LogP contribution in [0, 0.1) is 0 Å². The maximum atomic E-state index is 13.7. The van der Waals surface area contributed by atoms with Crippen molar-refractivity contribution in [2.45, 2.75) is 136 Å². The minimum absolute atomic E-state index is 0. The number of aliphatic carboxylic acids is 1. The van der Waals surface area contributed by atoms with Gasteiger partial charge < -0.3 is 41.1 Å². The second-order valence-electron chi connectivity index (χ2n) is 26.1. The van der Waals surface area contributed by atoms with E-state index in [2.05, 4.69) is 47.4 Å². The number of rotatable bonds is 28. The molecule has 3 aliphatic rings. The predicted octanol–water partition coefficient (Wildman–Crippen LogP) is 12.3. The smallest absolute Gasteiger partial charge is 0.419 e. The first kappa shape index (κ1) is 84.9. The number of benzene rings is 6. The van der Waals surface area contributed by atoms with E-state index in [0.29, 0.717) is 71.2 Å². The van der Waals surface area contributed by atoms with Crippen LogP contribution in [-0.2, 0) is 120 Å². The summed E-state index contributed by atoms with van der Waals surface area (Å²) >= 11 is 0. The summed E-state index contributed by atoms with van der Waals surface area (Å²) in [4.78, 5) is 83.6. The van der Waals surface area contributed by atoms with Crippen molar-refractivity contribution in [3.05, 3.63) is 282 Å². The molecule has 566 valence electrons. The van der Waals surface area contributed by atoms with Gasteiger partial charge in [0, 0.05) is 68.7 Å². The monoisotopic (exact) mass is 1490 g/mol. The van der Waals surface area contributed by atoms with Gasteiger partial charge in [-0.25, -0.2) is 29.9 Å². The normalized spacial score (nSPS) is 13.9. The summed E-state index contributed by atoms with van der Waals surface area (Å²) in [6.45, 7) is 5.05. The number of nitrogens with one attached hydrogen (secondary N) is 1. The van der Waals surface area contributed by atoms with Gasteiger partial charge in [-0.2, -0.15) is 39.5 Å². The third-order valence-corrected chi connectivity index (χ3v) is 18.6. The largest absolute Gasteiger partial charge is 0.481 e. The van der Waals surface area contributed by atoms with E-state index >= 15 is 0 Å². The summed E-state index contributed by atoms with van der Waals surface area (Å²) in [5.74, 6) is 0.181. The highest BCUT2D eigenvalue weighted by Crippen LogP contribution is 2.36. The fourth-order valence-corrected chi connectivity index (χ4v) is 12.8. The summed E-state index contributed by atoms with van der Waals surface area (Å²) < 4.78 is 123. The minimum Gasteiger partial charge on any atom is -0.481 e. The highest BCUT2D eigenvalue weighted by molar-refractivity contribution is 6.64. The van der Waals surface area contributed by atoms with Gasteiger partial charge >= 0.3 is 24.5 Å². The number of alkyl halides is 9. The molecule has 0 aliphatic carbocycles.